The van der Waals surface area contributed by atoms with Crippen molar-refractivity contribution >= 4 is 28.9 Å². The molecule has 0 fully saturated rings. The van der Waals surface area contributed by atoms with Crippen molar-refractivity contribution < 1.29 is 9.72 Å². The molecule has 0 aliphatic rings. The van der Waals surface area contributed by atoms with E-state index in [1.165, 1.54) is 29.0 Å². The number of benzene rings is 2. The van der Waals surface area contributed by atoms with Crippen LogP contribution in [0.5, 0.6) is 0 Å². The van der Waals surface area contributed by atoms with Gasteiger partial charge in [-0.25, -0.2) is 0 Å². The van der Waals surface area contributed by atoms with E-state index in [0.29, 0.717) is 16.3 Å². The first-order valence-electron chi connectivity index (χ1n) is 8.35. The van der Waals surface area contributed by atoms with Crippen LogP contribution in [0.15, 0.2) is 65.6 Å². The van der Waals surface area contributed by atoms with Gasteiger partial charge < -0.3 is 9.88 Å². The second kappa shape index (κ2) is 8.06. The highest BCUT2D eigenvalue weighted by Crippen LogP contribution is 2.20. The molecular weight excluding hydrogens is 382 g/mol. The fourth-order valence-corrected chi connectivity index (χ4v) is 2.89. The fourth-order valence-electron chi connectivity index (χ4n) is 2.72. The zero-order valence-electron chi connectivity index (χ0n) is 14.9. The Kier molecular flexibility index (Phi) is 5.56. The molecule has 2 aromatic carbocycles. The van der Waals surface area contributed by atoms with Gasteiger partial charge in [0.25, 0.3) is 17.2 Å². The predicted octanol–water partition coefficient (Wildman–Crippen LogP) is 4.02. The Bertz CT molecular complexity index is 1120. The van der Waals surface area contributed by atoms with Gasteiger partial charge in [0.15, 0.2) is 0 Å². The highest BCUT2D eigenvalue weighted by molar-refractivity contribution is 6.31. The first-order chi connectivity index (χ1) is 13.3. The number of aromatic nitrogens is 1. The van der Waals surface area contributed by atoms with Crippen LogP contribution < -0.4 is 10.9 Å². The molecule has 0 aliphatic carbocycles. The number of hydrogen-bond donors (Lipinski definition) is 1. The first kappa shape index (κ1) is 19.3. The van der Waals surface area contributed by atoms with Crippen LogP contribution in [0.3, 0.4) is 0 Å². The third kappa shape index (κ3) is 4.27. The lowest BCUT2D eigenvalue weighted by molar-refractivity contribution is -0.384. The maximum atomic E-state index is 12.7. The summed E-state index contributed by atoms with van der Waals surface area (Å²) in [5.74, 6) is -0.552. The minimum atomic E-state index is -0.552. The number of nitrogens with one attached hydrogen (secondary N) is 1. The lowest BCUT2D eigenvalue weighted by Gasteiger charge is -2.11. The van der Waals surface area contributed by atoms with Crippen molar-refractivity contribution in [2.75, 3.05) is 5.32 Å². The maximum absolute atomic E-state index is 12.7. The monoisotopic (exact) mass is 397 g/mol. The van der Waals surface area contributed by atoms with Gasteiger partial charge in [-0.05, 0) is 42.3 Å². The summed E-state index contributed by atoms with van der Waals surface area (Å²) in [6.45, 7) is 1.93. The lowest BCUT2D eigenvalue weighted by atomic mass is 10.1. The highest BCUT2D eigenvalue weighted by atomic mass is 35.5. The average molecular weight is 398 g/mol. The van der Waals surface area contributed by atoms with Crippen molar-refractivity contribution in [1.29, 1.82) is 0 Å². The third-order valence-electron chi connectivity index (χ3n) is 4.19. The number of hydrogen-bond acceptors (Lipinski definition) is 4. The minimum Gasteiger partial charge on any atom is -0.322 e. The van der Waals surface area contributed by atoms with E-state index in [1.807, 2.05) is 6.92 Å². The van der Waals surface area contributed by atoms with Crippen LogP contribution in [0.25, 0.3) is 0 Å². The Labute approximate surface area is 165 Å². The molecule has 1 aromatic heterocycles. The van der Waals surface area contributed by atoms with Crippen molar-refractivity contribution in [3.05, 3.63) is 103 Å². The molecule has 0 aliphatic heterocycles. The van der Waals surface area contributed by atoms with Gasteiger partial charge in [0.2, 0.25) is 0 Å². The molecule has 0 radical (unpaired) electrons. The Morgan fingerprint density at radius 2 is 1.96 bits per heavy atom. The first-order valence-corrected chi connectivity index (χ1v) is 8.73. The lowest BCUT2D eigenvalue weighted by Crippen LogP contribution is -2.29. The summed E-state index contributed by atoms with van der Waals surface area (Å²) in [6, 6.07) is 14.1. The van der Waals surface area contributed by atoms with E-state index in [0.717, 1.165) is 5.56 Å². The summed E-state index contributed by atoms with van der Waals surface area (Å²) in [4.78, 5) is 35.7. The summed E-state index contributed by atoms with van der Waals surface area (Å²) in [7, 11) is 0. The predicted molar refractivity (Wildman–Crippen MR) is 107 cm³/mol. The molecule has 3 rings (SSSR count). The van der Waals surface area contributed by atoms with Gasteiger partial charge in [-0.1, -0.05) is 29.8 Å². The molecule has 0 bridgehead atoms. The molecule has 0 unspecified atom stereocenters. The van der Waals surface area contributed by atoms with E-state index in [9.17, 15) is 19.7 Å². The van der Waals surface area contributed by atoms with Gasteiger partial charge in [0.05, 0.1) is 11.5 Å². The molecular formula is C20H16ClN3O4. The van der Waals surface area contributed by atoms with Gasteiger partial charge >= 0.3 is 0 Å². The molecule has 8 heteroatoms. The summed E-state index contributed by atoms with van der Waals surface area (Å²) in [5.41, 5.74) is 1.32. The number of pyridine rings is 1. The van der Waals surface area contributed by atoms with E-state index in [4.69, 9.17) is 11.6 Å². The zero-order valence-corrected chi connectivity index (χ0v) is 15.6. The second-order valence-corrected chi connectivity index (χ2v) is 6.63. The molecule has 0 atom stereocenters. The van der Waals surface area contributed by atoms with Gasteiger partial charge in [0, 0.05) is 29.0 Å². The van der Waals surface area contributed by atoms with Gasteiger partial charge in [-0.2, -0.15) is 0 Å². The number of halogens is 1. The van der Waals surface area contributed by atoms with Crippen LogP contribution in [0.4, 0.5) is 11.4 Å². The standard InChI is InChI=1S/C20H16ClN3O4/c1-13-7-8-15(21)11-18(13)22-19(25)17-6-3-9-23(20(17)26)12-14-4-2-5-16(10-14)24(27)28/h2-11H,12H2,1H3,(H,22,25). The Morgan fingerprint density at radius 1 is 1.18 bits per heavy atom. The summed E-state index contributed by atoms with van der Waals surface area (Å²) in [5, 5.41) is 14.1. The van der Waals surface area contributed by atoms with Crippen molar-refractivity contribution in [2.24, 2.45) is 0 Å². The van der Waals surface area contributed by atoms with E-state index in [-0.39, 0.29) is 17.8 Å². The van der Waals surface area contributed by atoms with E-state index < -0.39 is 16.4 Å². The molecule has 142 valence electrons. The second-order valence-electron chi connectivity index (χ2n) is 6.20. The number of carbonyl (C=O) groups is 1. The number of nitro groups is 1. The number of amides is 1. The Morgan fingerprint density at radius 3 is 2.71 bits per heavy atom. The van der Waals surface area contributed by atoms with Crippen molar-refractivity contribution in [3.8, 4) is 0 Å². The normalized spacial score (nSPS) is 10.5. The highest BCUT2D eigenvalue weighted by Gasteiger charge is 2.14. The number of carbonyl (C=O) groups excluding carboxylic acids is 1. The van der Waals surface area contributed by atoms with Crippen molar-refractivity contribution in [3.63, 3.8) is 0 Å². The number of non-ortho nitro benzene ring substituents is 1. The molecule has 1 heterocycles. The van der Waals surface area contributed by atoms with Crippen molar-refractivity contribution in [1.82, 2.24) is 4.57 Å². The van der Waals surface area contributed by atoms with Gasteiger partial charge in [0.1, 0.15) is 5.56 Å². The molecule has 28 heavy (non-hydrogen) atoms. The van der Waals surface area contributed by atoms with E-state index in [1.54, 1.807) is 36.4 Å². The number of nitrogens with zero attached hydrogens (tertiary/aromatic N) is 2. The van der Waals surface area contributed by atoms with Crippen LogP contribution in [0.2, 0.25) is 5.02 Å². The topological polar surface area (TPSA) is 94.2 Å². The molecule has 7 nitrogen and oxygen atoms in total. The maximum Gasteiger partial charge on any atom is 0.269 e. The van der Waals surface area contributed by atoms with Crippen LogP contribution >= 0.6 is 11.6 Å². The SMILES string of the molecule is Cc1ccc(Cl)cc1NC(=O)c1cccn(Cc2cccc([N+](=O)[O-])c2)c1=O. The summed E-state index contributed by atoms with van der Waals surface area (Å²) >= 11 is 5.96. The van der Waals surface area contributed by atoms with Gasteiger partial charge in [-0.15, -0.1) is 0 Å². The van der Waals surface area contributed by atoms with Crippen LogP contribution in [0, 0.1) is 17.0 Å². The zero-order chi connectivity index (χ0) is 20.3. The molecule has 0 saturated carbocycles. The smallest absolute Gasteiger partial charge is 0.269 e. The minimum absolute atomic E-state index is 0.0349. The number of rotatable bonds is 5. The summed E-state index contributed by atoms with van der Waals surface area (Å²) in [6.07, 6.45) is 1.53. The molecule has 0 spiro atoms. The molecule has 0 saturated heterocycles. The summed E-state index contributed by atoms with van der Waals surface area (Å²) < 4.78 is 1.33. The third-order valence-corrected chi connectivity index (χ3v) is 4.42. The molecule has 1 N–H and O–H groups in total. The molecule has 3 aromatic rings. The van der Waals surface area contributed by atoms with Crippen LogP contribution in [0.1, 0.15) is 21.5 Å². The Hall–Kier alpha value is -3.45. The van der Waals surface area contributed by atoms with E-state index >= 15 is 0 Å². The van der Waals surface area contributed by atoms with Crippen LogP contribution in [-0.2, 0) is 6.54 Å². The van der Waals surface area contributed by atoms with E-state index in [2.05, 4.69) is 5.32 Å². The fraction of sp³-hybridized carbons (Fsp3) is 0.100. The van der Waals surface area contributed by atoms with Gasteiger partial charge in [-0.3, -0.25) is 19.7 Å². The number of nitro benzene ring substituents is 1. The Balaban J connectivity index is 1.87. The largest absolute Gasteiger partial charge is 0.322 e. The van der Waals surface area contributed by atoms with Crippen LogP contribution in [-0.4, -0.2) is 15.4 Å². The molecule has 1 amide bonds. The number of anilines is 1. The quantitative estimate of drug-likeness (QED) is 0.519. The average Bonchev–Trinajstić information content (AvgIpc) is 2.66. The van der Waals surface area contributed by atoms with Crippen molar-refractivity contribution in [2.45, 2.75) is 13.5 Å². The number of aryl methyl sites for hydroxylation is 1.